The second kappa shape index (κ2) is 8.82. The quantitative estimate of drug-likeness (QED) is 0.770. The SMILES string of the molecule is CC(C)OC[C@H](O)CN(Cc1ccc(F)cc1)Cc1ccco1. The summed E-state index contributed by atoms with van der Waals surface area (Å²) in [5.74, 6) is 0.570. The lowest BCUT2D eigenvalue weighted by molar-refractivity contribution is -0.0114. The highest BCUT2D eigenvalue weighted by molar-refractivity contribution is 5.16. The van der Waals surface area contributed by atoms with Crippen molar-refractivity contribution in [1.29, 1.82) is 0 Å². The van der Waals surface area contributed by atoms with E-state index in [9.17, 15) is 9.50 Å². The van der Waals surface area contributed by atoms with Crippen molar-refractivity contribution in [3.8, 4) is 0 Å². The van der Waals surface area contributed by atoms with Gasteiger partial charge in [-0.25, -0.2) is 4.39 Å². The van der Waals surface area contributed by atoms with E-state index in [1.54, 1.807) is 18.4 Å². The van der Waals surface area contributed by atoms with Crippen molar-refractivity contribution >= 4 is 0 Å². The van der Waals surface area contributed by atoms with Crippen LogP contribution < -0.4 is 0 Å². The second-order valence-electron chi connectivity index (χ2n) is 5.91. The lowest BCUT2D eigenvalue weighted by atomic mass is 10.2. The molecule has 126 valence electrons. The molecule has 0 fully saturated rings. The molecule has 1 aromatic heterocycles. The fourth-order valence-corrected chi connectivity index (χ4v) is 2.31. The summed E-state index contributed by atoms with van der Waals surface area (Å²) in [6, 6.07) is 10.1. The van der Waals surface area contributed by atoms with E-state index in [2.05, 4.69) is 4.90 Å². The van der Waals surface area contributed by atoms with Gasteiger partial charge in [0.2, 0.25) is 0 Å². The van der Waals surface area contributed by atoms with Gasteiger partial charge in [-0.05, 0) is 43.7 Å². The highest BCUT2D eigenvalue weighted by Gasteiger charge is 2.15. The van der Waals surface area contributed by atoms with Gasteiger partial charge in [0.15, 0.2) is 0 Å². The maximum absolute atomic E-state index is 13.0. The molecule has 0 unspecified atom stereocenters. The van der Waals surface area contributed by atoms with E-state index in [0.29, 0.717) is 19.6 Å². The number of benzene rings is 1. The summed E-state index contributed by atoms with van der Waals surface area (Å²) in [5.41, 5.74) is 0.981. The first kappa shape index (κ1) is 17.7. The van der Waals surface area contributed by atoms with Crippen LogP contribution in [0.25, 0.3) is 0 Å². The van der Waals surface area contributed by atoms with E-state index in [0.717, 1.165) is 11.3 Å². The minimum atomic E-state index is -0.590. The van der Waals surface area contributed by atoms with Crippen molar-refractivity contribution in [3.63, 3.8) is 0 Å². The van der Waals surface area contributed by atoms with E-state index < -0.39 is 6.10 Å². The largest absolute Gasteiger partial charge is 0.468 e. The zero-order valence-electron chi connectivity index (χ0n) is 13.6. The Balaban J connectivity index is 1.97. The van der Waals surface area contributed by atoms with Crippen molar-refractivity contribution in [2.45, 2.75) is 39.1 Å². The smallest absolute Gasteiger partial charge is 0.123 e. The van der Waals surface area contributed by atoms with Gasteiger partial charge in [0, 0.05) is 13.1 Å². The Morgan fingerprint density at radius 3 is 2.52 bits per heavy atom. The topological polar surface area (TPSA) is 45.8 Å². The Morgan fingerprint density at radius 2 is 1.91 bits per heavy atom. The van der Waals surface area contributed by atoms with Gasteiger partial charge in [-0.2, -0.15) is 0 Å². The molecule has 1 aromatic carbocycles. The molecule has 0 aliphatic rings. The zero-order chi connectivity index (χ0) is 16.7. The molecule has 0 aliphatic heterocycles. The molecular formula is C18H24FNO3. The Morgan fingerprint density at radius 1 is 1.17 bits per heavy atom. The fraction of sp³-hybridized carbons (Fsp3) is 0.444. The van der Waals surface area contributed by atoms with Crippen LogP contribution >= 0.6 is 0 Å². The fourth-order valence-electron chi connectivity index (χ4n) is 2.31. The monoisotopic (exact) mass is 321 g/mol. The summed E-state index contributed by atoms with van der Waals surface area (Å²) in [5, 5.41) is 10.2. The van der Waals surface area contributed by atoms with E-state index in [1.807, 2.05) is 26.0 Å². The molecule has 0 spiro atoms. The molecule has 0 aliphatic carbocycles. The summed E-state index contributed by atoms with van der Waals surface area (Å²) in [7, 11) is 0. The highest BCUT2D eigenvalue weighted by Crippen LogP contribution is 2.12. The summed E-state index contributed by atoms with van der Waals surface area (Å²) >= 11 is 0. The van der Waals surface area contributed by atoms with Gasteiger partial charge in [-0.1, -0.05) is 12.1 Å². The third-order valence-electron chi connectivity index (χ3n) is 3.37. The number of aliphatic hydroxyl groups is 1. The van der Waals surface area contributed by atoms with Crippen LogP contribution in [0.5, 0.6) is 0 Å². The van der Waals surface area contributed by atoms with Gasteiger partial charge >= 0.3 is 0 Å². The molecule has 0 bridgehead atoms. The van der Waals surface area contributed by atoms with E-state index >= 15 is 0 Å². The summed E-state index contributed by atoms with van der Waals surface area (Å²) in [6.07, 6.45) is 1.12. The first-order chi connectivity index (χ1) is 11.0. The van der Waals surface area contributed by atoms with Crippen molar-refractivity contribution in [1.82, 2.24) is 4.90 Å². The minimum absolute atomic E-state index is 0.0836. The van der Waals surface area contributed by atoms with Crippen LogP contribution in [-0.2, 0) is 17.8 Å². The average Bonchev–Trinajstić information content (AvgIpc) is 3.00. The maximum Gasteiger partial charge on any atom is 0.123 e. The van der Waals surface area contributed by atoms with Crippen molar-refractivity contribution in [2.24, 2.45) is 0 Å². The number of aliphatic hydroxyl groups excluding tert-OH is 1. The van der Waals surface area contributed by atoms with Crippen LogP contribution in [0.15, 0.2) is 47.1 Å². The molecule has 1 N–H and O–H groups in total. The summed E-state index contributed by atoms with van der Waals surface area (Å²) in [4.78, 5) is 2.06. The Hall–Kier alpha value is -1.69. The molecule has 1 atom stereocenters. The van der Waals surface area contributed by atoms with Gasteiger partial charge in [0.25, 0.3) is 0 Å². The Bertz CT molecular complexity index is 554. The number of ether oxygens (including phenoxy) is 1. The van der Waals surface area contributed by atoms with E-state index in [1.165, 1.54) is 12.1 Å². The minimum Gasteiger partial charge on any atom is -0.468 e. The van der Waals surface area contributed by atoms with Crippen molar-refractivity contribution in [2.75, 3.05) is 13.2 Å². The average molecular weight is 321 g/mol. The molecule has 2 rings (SSSR count). The molecule has 0 radical (unpaired) electrons. The van der Waals surface area contributed by atoms with Crippen LogP contribution in [-0.4, -0.2) is 35.4 Å². The zero-order valence-corrected chi connectivity index (χ0v) is 13.6. The summed E-state index contributed by atoms with van der Waals surface area (Å²) < 4.78 is 23.9. The molecule has 0 amide bonds. The van der Waals surface area contributed by atoms with E-state index in [4.69, 9.17) is 9.15 Å². The number of rotatable bonds is 9. The van der Waals surface area contributed by atoms with Gasteiger partial charge < -0.3 is 14.3 Å². The molecule has 2 aromatic rings. The molecule has 0 saturated carbocycles. The van der Waals surface area contributed by atoms with E-state index in [-0.39, 0.29) is 18.5 Å². The number of furan rings is 1. The molecule has 1 heterocycles. The van der Waals surface area contributed by atoms with Gasteiger partial charge in [0.1, 0.15) is 11.6 Å². The third kappa shape index (κ3) is 6.52. The van der Waals surface area contributed by atoms with Crippen molar-refractivity contribution in [3.05, 3.63) is 59.8 Å². The molecular weight excluding hydrogens is 297 g/mol. The molecule has 23 heavy (non-hydrogen) atoms. The van der Waals surface area contributed by atoms with Crippen LogP contribution in [0.3, 0.4) is 0 Å². The van der Waals surface area contributed by atoms with Gasteiger partial charge in [-0.15, -0.1) is 0 Å². The lowest BCUT2D eigenvalue weighted by Gasteiger charge is -2.24. The Kier molecular flexibility index (Phi) is 6.77. The number of nitrogens with zero attached hydrogens (tertiary/aromatic N) is 1. The third-order valence-corrected chi connectivity index (χ3v) is 3.37. The van der Waals surface area contributed by atoms with Crippen molar-refractivity contribution < 1.29 is 18.7 Å². The molecule has 5 heteroatoms. The normalized spacial score (nSPS) is 13.0. The predicted octanol–water partition coefficient (Wildman–Crippen LogP) is 3.21. The highest BCUT2D eigenvalue weighted by atomic mass is 19.1. The van der Waals surface area contributed by atoms with Crippen LogP contribution in [0.4, 0.5) is 4.39 Å². The van der Waals surface area contributed by atoms with Crippen LogP contribution in [0.2, 0.25) is 0 Å². The second-order valence-corrected chi connectivity index (χ2v) is 5.91. The first-order valence-corrected chi connectivity index (χ1v) is 7.82. The molecule has 0 saturated heterocycles. The maximum atomic E-state index is 13.0. The van der Waals surface area contributed by atoms with Crippen LogP contribution in [0.1, 0.15) is 25.2 Å². The Labute approximate surface area is 136 Å². The lowest BCUT2D eigenvalue weighted by Crippen LogP contribution is -2.34. The summed E-state index contributed by atoms with van der Waals surface area (Å²) in [6.45, 7) is 5.78. The first-order valence-electron chi connectivity index (χ1n) is 7.82. The number of hydrogen-bond donors (Lipinski definition) is 1. The number of halogens is 1. The van der Waals surface area contributed by atoms with Crippen LogP contribution in [0, 0.1) is 5.82 Å². The predicted molar refractivity (Wildman–Crippen MR) is 86.3 cm³/mol. The number of hydrogen-bond acceptors (Lipinski definition) is 4. The van der Waals surface area contributed by atoms with Gasteiger partial charge in [0.05, 0.1) is 31.6 Å². The standard InChI is InChI=1S/C18H24FNO3/c1-14(2)23-13-17(21)11-20(12-18-4-3-9-22-18)10-15-5-7-16(19)8-6-15/h3-9,14,17,21H,10-13H2,1-2H3/t17-/m1/s1. The molecule has 4 nitrogen and oxygen atoms in total. The van der Waals surface area contributed by atoms with Gasteiger partial charge in [-0.3, -0.25) is 4.90 Å².